The zero-order chi connectivity index (χ0) is 13.7. The summed E-state index contributed by atoms with van der Waals surface area (Å²) in [6.07, 6.45) is 8.71. The van der Waals surface area contributed by atoms with Crippen molar-refractivity contribution in [1.82, 2.24) is 10.2 Å². The van der Waals surface area contributed by atoms with Crippen molar-refractivity contribution >= 4 is 17.4 Å². The van der Waals surface area contributed by atoms with E-state index in [0.717, 1.165) is 23.6 Å². The van der Waals surface area contributed by atoms with Gasteiger partial charge in [-0.2, -0.15) is 0 Å². The lowest BCUT2D eigenvalue weighted by Crippen LogP contribution is -2.53. The number of aromatic nitrogens is 2. The van der Waals surface area contributed by atoms with Crippen LogP contribution >= 0.6 is 11.6 Å². The molecule has 20 heavy (non-hydrogen) atoms. The fraction of sp³-hybridized carbons (Fsp3) is 0.750. The van der Waals surface area contributed by atoms with Gasteiger partial charge in [-0.15, -0.1) is 10.2 Å². The van der Waals surface area contributed by atoms with Crippen molar-refractivity contribution in [1.29, 1.82) is 0 Å². The van der Waals surface area contributed by atoms with Gasteiger partial charge in [-0.3, -0.25) is 0 Å². The van der Waals surface area contributed by atoms with Crippen LogP contribution in [0.15, 0.2) is 12.1 Å². The Morgan fingerprint density at radius 3 is 2.20 bits per heavy atom. The maximum Gasteiger partial charge on any atom is 0.151 e. The average Bonchev–Trinajstić information content (AvgIpc) is 2.40. The topological polar surface area (TPSA) is 37.8 Å². The first-order valence-electron chi connectivity index (χ1n) is 7.89. The van der Waals surface area contributed by atoms with E-state index in [1.807, 2.05) is 12.1 Å². The molecule has 1 N–H and O–H groups in total. The Balaban J connectivity index is 1.53. The number of halogens is 1. The van der Waals surface area contributed by atoms with Crippen LogP contribution < -0.4 is 5.32 Å². The smallest absolute Gasteiger partial charge is 0.151 e. The minimum Gasteiger partial charge on any atom is -0.366 e. The van der Waals surface area contributed by atoms with E-state index in [4.69, 9.17) is 11.6 Å². The summed E-state index contributed by atoms with van der Waals surface area (Å²) in [5.41, 5.74) is 0.496. The Kier molecular flexibility index (Phi) is 2.95. The highest BCUT2D eigenvalue weighted by Crippen LogP contribution is 2.61. The highest BCUT2D eigenvalue weighted by Gasteiger charge is 2.53. The van der Waals surface area contributed by atoms with Gasteiger partial charge in [0.05, 0.1) is 0 Å². The van der Waals surface area contributed by atoms with E-state index in [9.17, 15) is 0 Å². The van der Waals surface area contributed by atoms with Gasteiger partial charge >= 0.3 is 0 Å². The fourth-order valence-corrected chi connectivity index (χ4v) is 5.58. The molecule has 0 aromatic carbocycles. The molecule has 4 saturated carbocycles. The van der Waals surface area contributed by atoms with Gasteiger partial charge in [0.1, 0.15) is 5.82 Å². The van der Waals surface area contributed by atoms with Crippen LogP contribution in [0.3, 0.4) is 0 Å². The van der Waals surface area contributed by atoms with Crippen molar-refractivity contribution in [3.8, 4) is 0 Å². The van der Waals surface area contributed by atoms with Crippen molar-refractivity contribution in [3.63, 3.8) is 0 Å². The molecular formula is C16H22ClN3. The van der Waals surface area contributed by atoms with E-state index >= 15 is 0 Å². The Morgan fingerprint density at radius 1 is 1.10 bits per heavy atom. The molecule has 4 aliphatic rings. The van der Waals surface area contributed by atoms with Crippen LogP contribution in [0.1, 0.15) is 45.4 Å². The Morgan fingerprint density at radius 2 is 1.70 bits per heavy atom. The van der Waals surface area contributed by atoms with Crippen LogP contribution in [0.5, 0.6) is 0 Å². The Labute approximate surface area is 125 Å². The summed E-state index contributed by atoms with van der Waals surface area (Å²) in [5, 5.41) is 12.1. The molecule has 1 unspecified atom stereocenters. The number of anilines is 1. The molecule has 0 aliphatic heterocycles. The zero-order valence-corrected chi connectivity index (χ0v) is 12.7. The minimum absolute atomic E-state index is 0.456. The number of nitrogens with zero attached hydrogens (tertiary/aromatic N) is 2. The average molecular weight is 292 g/mol. The lowest BCUT2D eigenvalue weighted by Gasteiger charge is -2.59. The largest absolute Gasteiger partial charge is 0.366 e. The number of hydrogen-bond acceptors (Lipinski definition) is 3. The van der Waals surface area contributed by atoms with Crippen molar-refractivity contribution in [3.05, 3.63) is 17.3 Å². The molecule has 3 nitrogen and oxygen atoms in total. The molecule has 4 aliphatic carbocycles. The highest BCUT2D eigenvalue weighted by atomic mass is 35.5. The summed E-state index contributed by atoms with van der Waals surface area (Å²) in [6, 6.07) is 4.22. The number of nitrogens with one attached hydrogen (secondary N) is 1. The monoisotopic (exact) mass is 291 g/mol. The van der Waals surface area contributed by atoms with Gasteiger partial charge in [-0.05, 0) is 80.8 Å². The summed E-state index contributed by atoms with van der Waals surface area (Å²) >= 11 is 5.80. The predicted molar refractivity (Wildman–Crippen MR) is 80.7 cm³/mol. The number of rotatable bonds is 3. The van der Waals surface area contributed by atoms with Crippen LogP contribution in [0.25, 0.3) is 0 Å². The van der Waals surface area contributed by atoms with E-state index in [0.29, 0.717) is 16.6 Å². The first-order chi connectivity index (χ1) is 9.63. The molecule has 4 bridgehead atoms. The van der Waals surface area contributed by atoms with Gasteiger partial charge < -0.3 is 5.32 Å². The quantitative estimate of drug-likeness (QED) is 0.909. The molecular weight excluding hydrogens is 270 g/mol. The van der Waals surface area contributed by atoms with E-state index in [1.54, 1.807) is 0 Å². The van der Waals surface area contributed by atoms with E-state index < -0.39 is 0 Å². The fourth-order valence-electron chi connectivity index (χ4n) is 5.48. The van der Waals surface area contributed by atoms with Crippen LogP contribution in [0.2, 0.25) is 5.15 Å². The Hall–Kier alpha value is -0.830. The summed E-state index contributed by atoms with van der Waals surface area (Å²) in [6.45, 7) is 2.34. The van der Waals surface area contributed by atoms with Gasteiger partial charge in [-0.1, -0.05) is 11.6 Å². The van der Waals surface area contributed by atoms with Crippen LogP contribution in [0.4, 0.5) is 5.82 Å². The molecule has 1 aromatic rings. The summed E-state index contributed by atoms with van der Waals surface area (Å²) < 4.78 is 0. The van der Waals surface area contributed by atoms with Gasteiger partial charge in [0.2, 0.25) is 0 Å². The van der Waals surface area contributed by atoms with Crippen LogP contribution in [0, 0.1) is 23.2 Å². The number of hydrogen-bond donors (Lipinski definition) is 1. The van der Waals surface area contributed by atoms with Crippen molar-refractivity contribution in [2.24, 2.45) is 23.2 Å². The van der Waals surface area contributed by atoms with E-state index in [1.165, 1.54) is 38.5 Å². The maximum absolute atomic E-state index is 5.80. The van der Waals surface area contributed by atoms with Crippen molar-refractivity contribution in [2.45, 2.75) is 51.5 Å². The molecule has 0 amide bonds. The lowest BCUT2D eigenvalue weighted by molar-refractivity contribution is -0.0603. The van der Waals surface area contributed by atoms with Gasteiger partial charge in [0, 0.05) is 6.04 Å². The van der Waals surface area contributed by atoms with Gasteiger partial charge in [-0.25, -0.2) is 0 Å². The van der Waals surface area contributed by atoms with Crippen molar-refractivity contribution in [2.75, 3.05) is 5.32 Å². The predicted octanol–water partition coefficient (Wildman–Crippen LogP) is 4.15. The molecule has 1 aromatic heterocycles. The summed E-state index contributed by atoms with van der Waals surface area (Å²) in [7, 11) is 0. The molecule has 0 radical (unpaired) electrons. The highest BCUT2D eigenvalue weighted by molar-refractivity contribution is 6.29. The molecule has 1 atom stereocenters. The molecule has 4 fully saturated rings. The standard InChI is InChI=1S/C16H22ClN3/c1-10(18-15-3-2-14(17)19-20-15)16-7-11-4-12(8-16)6-13(5-11)9-16/h2-3,10-13H,4-9H2,1H3,(H,18,20). The normalized spacial score (nSPS) is 39.8. The molecule has 4 heteroatoms. The Bertz CT molecular complexity index is 464. The lowest BCUT2D eigenvalue weighted by atomic mass is 9.48. The summed E-state index contributed by atoms with van der Waals surface area (Å²) in [4.78, 5) is 0. The molecule has 1 heterocycles. The summed E-state index contributed by atoms with van der Waals surface area (Å²) in [5.74, 6) is 3.82. The van der Waals surface area contributed by atoms with Crippen LogP contribution in [-0.4, -0.2) is 16.2 Å². The molecule has 0 saturated heterocycles. The maximum atomic E-state index is 5.80. The molecule has 0 spiro atoms. The van der Waals surface area contributed by atoms with Gasteiger partial charge in [0.25, 0.3) is 0 Å². The van der Waals surface area contributed by atoms with E-state index in [-0.39, 0.29) is 0 Å². The molecule has 108 valence electrons. The third-order valence-electron chi connectivity index (χ3n) is 6.00. The second kappa shape index (κ2) is 4.59. The first-order valence-corrected chi connectivity index (χ1v) is 8.26. The first kappa shape index (κ1) is 12.9. The van der Waals surface area contributed by atoms with Crippen molar-refractivity contribution < 1.29 is 0 Å². The minimum atomic E-state index is 0.456. The second-order valence-electron chi connectivity index (χ2n) is 7.39. The third-order valence-corrected chi connectivity index (χ3v) is 6.20. The van der Waals surface area contributed by atoms with E-state index in [2.05, 4.69) is 22.4 Å². The van der Waals surface area contributed by atoms with Crippen LogP contribution in [-0.2, 0) is 0 Å². The SMILES string of the molecule is CC(Nc1ccc(Cl)nn1)C12CC3CC(CC(C3)C1)C2. The molecule has 5 rings (SSSR count). The third kappa shape index (κ3) is 2.11. The second-order valence-corrected chi connectivity index (χ2v) is 7.77. The zero-order valence-electron chi connectivity index (χ0n) is 12.0. The van der Waals surface area contributed by atoms with Gasteiger partial charge in [0.15, 0.2) is 5.15 Å².